The Bertz CT molecular complexity index is 619. The number of anilines is 1. The number of nitrogens with zero attached hydrogens (tertiary/aromatic N) is 3. The minimum absolute atomic E-state index is 0.299. The van der Waals surface area contributed by atoms with Gasteiger partial charge in [0, 0.05) is 18.9 Å². The number of nitriles is 1. The first kappa shape index (κ1) is 12.8. The van der Waals surface area contributed by atoms with Gasteiger partial charge in [-0.25, -0.2) is 9.97 Å². The van der Waals surface area contributed by atoms with Crippen LogP contribution in [0.3, 0.4) is 0 Å². The van der Waals surface area contributed by atoms with Crippen molar-refractivity contribution in [2.45, 2.75) is 13.5 Å². The first-order valence-electron chi connectivity index (χ1n) is 5.83. The molecule has 0 aliphatic rings. The number of methoxy groups -OCH3 is 1. The Labute approximate surface area is 111 Å². The Balaban J connectivity index is 2.11. The van der Waals surface area contributed by atoms with Gasteiger partial charge in [-0.1, -0.05) is 12.1 Å². The van der Waals surface area contributed by atoms with E-state index in [1.54, 1.807) is 13.3 Å². The van der Waals surface area contributed by atoms with Crippen LogP contribution in [-0.2, 0) is 6.54 Å². The van der Waals surface area contributed by atoms with Crippen molar-refractivity contribution in [1.82, 2.24) is 9.97 Å². The monoisotopic (exact) mass is 254 g/mol. The van der Waals surface area contributed by atoms with Crippen LogP contribution in [0.25, 0.3) is 0 Å². The maximum Gasteiger partial charge on any atom is 0.182 e. The lowest BCUT2D eigenvalue weighted by molar-refractivity contribution is 0.411. The van der Waals surface area contributed by atoms with Gasteiger partial charge in [0.1, 0.15) is 11.8 Å². The van der Waals surface area contributed by atoms with E-state index in [1.807, 2.05) is 31.2 Å². The Morgan fingerprint density at radius 3 is 2.79 bits per heavy atom. The zero-order valence-electron chi connectivity index (χ0n) is 10.8. The Hall–Kier alpha value is -2.61. The van der Waals surface area contributed by atoms with Gasteiger partial charge in [-0.2, -0.15) is 5.26 Å². The number of nitrogens with one attached hydrogen (secondary N) is 1. The van der Waals surface area contributed by atoms with E-state index in [0.717, 1.165) is 16.9 Å². The average molecular weight is 254 g/mol. The predicted molar refractivity (Wildman–Crippen MR) is 71.8 cm³/mol. The van der Waals surface area contributed by atoms with E-state index < -0.39 is 0 Å². The molecule has 5 nitrogen and oxygen atoms in total. The van der Waals surface area contributed by atoms with E-state index in [9.17, 15) is 0 Å². The molecule has 2 aromatic rings. The number of rotatable bonds is 4. The fourth-order valence-electron chi connectivity index (χ4n) is 1.79. The molecule has 0 saturated heterocycles. The molecule has 0 spiro atoms. The molecular formula is C14H14N4O. The Morgan fingerprint density at radius 2 is 2.11 bits per heavy atom. The van der Waals surface area contributed by atoms with Gasteiger partial charge in [0.2, 0.25) is 0 Å². The molecule has 96 valence electrons. The molecular weight excluding hydrogens is 240 g/mol. The lowest BCUT2D eigenvalue weighted by Crippen LogP contribution is -2.04. The van der Waals surface area contributed by atoms with Crippen LogP contribution in [0.2, 0.25) is 0 Å². The zero-order chi connectivity index (χ0) is 13.7. The van der Waals surface area contributed by atoms with Gasteiger partial charge in [-0.15, -0.1) is 0 Å². The maximum atomic E-state index is 8.92. The molecule has 2 rings (SSSR count). The standard InChI is InChI=1S/C14H14N4O/c1-10-7-11(3-4-13(10)19-2)9-18-14-12(8-15)16-5-6-17-14/h3-7H,9H2,1-2H3,(H,17,18). The van der Waals surface area contributed by atoms with Crippen LogP contribution in [0.1, 0.15) is 16.8 Å². The smallest absolute Gasteiger partial charge is 0.182 e. The second kappa shape index (κ2) is 5.83. The van der Waals surface area contributed by atoms with Gasteiger partial charge in [0.15, 0.2) is 11.5 Å². The van der Waals surface area contributed by atoms with Crippen LogP contribution >= 0.6 is 0 Å². The molecule has 1 aromatic heterocycles. The highest BCUT2D eigenvalue weighted by Crippen LogP contribution is 2.19. The summed E-state index contributed by atoms with van der Waals surface area (Å²) in [7, 11) is 1.65. The Morgan fingerprint density at radius 1 is 1.32 bits per heavy atom. The highest BCUT2D eigenvalue weighted by Gasteiger charge is 2.04. The van der Waals surface area contributed by atoms with Crippen molar-refractivity contribution in [3.8, 4) is 11.8 Å². The van der Waals surface area contributed by atoms with Crippen LogP contribution in [0.5, 0.6) is 5.75 Å². The lowest BCUT2D eigenvalue weighted by atomic mass is 10.1. The van der Waals surface area contributed by atoms with Gasteiger partial charge < -0.3 is 10.1 Å². The van der Waals surface area contributed by atoms with Gasteiger partial charge in [-0.3, -0.25) is 0 Å². The van der Waals surface area contributed by atoms with Crippen LogP contribution in [-0.4, -0.2) is 17.1 Å². The van der Waals surface area contributed by atoms with Crippen LogP contribution in [0, 0.1) is 18.3 Å². The molecule has 0 amide bonds. The second-order valence-electron chi connectivity index (χ2n) is 4.02. The third-order valence-corrected chi connectivity index (χ3v) is 2.72. The van der Waals surface area contributed by atoms with Crippen LogP contribution < -0.4 is 10.1 Å². The molecule has 0 radical (unpaired) electrons. The van der Waals surface area contributed by atoms with Crippen molar-refractivity contribution in [2.75, 3.05) is 12.4 Å². The molecule has 0 fully saturated rings. The molecule has 1 N–H and O–H groups in total. The van der Waals surface area contributed by atoms with E-state index in [1.165, 1.54) is 6.20 Å². The first-order valence-corrected chi connectivity index (χ1v) is 5.83. The molecule has 0 unspecified atom stereocenters. The maximum absolute atomic E-state index is 8.92. The van der Waals surface area contributed by atoms with Crippen molar-refractivity contribution >= 4 is 5.82 Å². The summed E-state index contributed by atoms with van der Waals surface area (Å²) in [6.45, 7) is 2.57. The summed E-state index contributed by atoms with van der Waals surface area (Å²) >= 11 is 0. The minimum Gasteiger partial charge on any atom is -0.496 e. The molecule has 1 heterocycles. The number of aromatic nitrogens is 2. The summed E-state index contributed by atoms with van der Waals surface area (Å²) in [5.74, 6) is 1.36. The summed E-state index contributed by atoms with van der Waals surface area (Å²) in [4.78, 5) is 8.05. The molecule has 0 aliphatic heterocycles. The van der Waals surface area contributed by atoms with E-state index >= 15 is 0 Å². The predicted octanol–water partition coefficient (Wildman–Crippen LogP) is 2.28. The first-order chi connectivity index (χ1) is 9.24. The van der Waals surface area contributed by atoms with Crippen molar-refractivity contribution in [3.05, 3.63) is 47.4 Å². The van der Waals surface area contributed by atoms with Crippen LogP contribution in [0.4, 0.5) is 5.82 Å². The SMILES string of the molecule is COc1ccc(CNc2nccnc2C#N)cc1C. The number of aryl methyl sites for hydroxylation is 1. The average Bonchev–Trinajstić information content (AvgIpc) is 2.45. The Kier molecular flexibility index (Phi) is 3.94. The summed E-state index contributed by atoms with van der Waals surface area (Å²) in [6.07, 6.45) is 3.06. The van der Waals surface area contributed by atoms with E-state index in [-0.39, 0.29) is 0 Å². The number of hydrogen-bond donors (Lipinski definition) is 1. The molecule has 0 bridgehead atoms. The van der Waals surface area contributed by atoms with Crippen molar-refractivity contribution in [3.63, 3.8) is 0 Å². The quantitative estimate of drug-likeness (QED) is 0.906. The summed E-state index contributed by atoms with van der Waals surface area (Å²) in [5, 5.41) is 12.0. The zero-order valence-corrected chi connectivity index (χ0v) is 10.8. The van der Waals surface area contributed by atoms with Gasteiger partial charge in [0.25, 0.3) is 0 Å². The second-order valence-corrected chi connectivity index (χ2v) is 4.02. The highest BCUT2D eigenvalue weighted by molar-refractivity contribution is 5.47. The summed E-state index contributed by atoms with van der Waals surface area (Å²) < 4.78 is 5.21. The van der Waals surface area contributed by atoms with Gasteiger partial charge in [0.05, 0.1) is 7.11 Å². The largest absolute Gasteiger partial charge is 0.496 e. The molecule has 19 heavy (non-hydrogen) atoms. The third kappa shape index (κ3) is 2.99. The molecule has 0 aliphatic carbocycles. The highest BCUT2D eigenvalue weighted by atomic mass is 16.5. The normalized spacial score (nSPS) is 9.74. The molecule has 0 atom stereocenters. The van der Waals surface area contributed by atoms with Crippen molar-refractivity contribution in [2.24, 2.45) is 0 Å². The topological polar surface area (TPSA) is 70.8 Å². The van der Waals surface area contributed by atoms with Crippen LogP contribution in [0.15, 0.2) is 30.6 Å². The van der Waals surface area contributed by atoms with Gasteiger partial charge in [-0.05, 0) is 24.1 Å². The number of ether oxygens (including phenoxy) is 1. The summed E-state index contributed by atoms with van der Waals surface area (Å²) in [6, 6.07) is 7.94. The minimum atomic E-state index is 0.299. The molecule has 0 saturated carbocycles. The number of hydrogen-bond acceptors (Lipinski definition) is 5. The number of benzene rings is 1. The molecule has 1 aromatic carbocycles. The fraction of sp³-hybridized carbons (Fsp3) is 0.214. The fourth-order valence-corrected chi connectivity index (χ4v) is 1.79. The lowest BCUT2D eigenvalue weighted by Gasteiger charge is -2.09. The van der Waals surface area contributed by atoms with E-state index in [0.29, 0.717) is 18.1 Å². The molecule has 5 heteroatoms. The summed E-state index contributed by atoms with van der Waals surface area (Å²) in [5.41, 5.74) is 2.46. The van der Waals surface area contributed by atoms with E-state index in [2.05, 4.69) is 15.3 Å². The van der Waals surface area contributed by atoms with Crippen molar-refractivity contribution in [1.29, 1.82) is 5.26 Å². The van der Waals surface area contributed by atoms with Crippen molar-refractivity contribution < 1.29 is 4.74 Å². The van der Waals surface area contributed by atoms with Gasteiger partial charge >= 0.3 is 0 Å². The third-order valence-electron chi connectivity index (χ3n) is 2.72. The van der Waals surface area contributed by atoms with E-state index in [4.69, 9.17) is 10.00 Å².